The third-order valence-corrected chi connectivity index (χ3v) is 8.01. The van der Waals surface area contributed by atoms with Crippen molar-refractivity contribution in [2.45, 2.75) is 38.9 Å². The monoisotopic (exact) mass is 525 g/mol. The van der Waals surface area contributed by atoms with E-state index in [1.807, 2.05) is 84.9 Å². The van der Waals surface area contributed by atoms with Crippen LogP contribution in [0, 0.1) is 0 Å². The molecule has 1 fully saturated rings. The quantitative estimate of drug-likeness (QED) is 0.229. The molecule has 6 aromatic rings. The summed E-state index contributed by atoms with van der Waals surface area (Å²) in [5.41, 5.74) is 4.19. The van der Waals surface area contributed by atoms with Crippen molar-refractivity contribution in [2.24, 2.45) is 0 Å². The largest absolute Gasteiger partial charge is 0.495 e. The lowest BCUT2D eigenvalue weighted by Gasteiger charge is -2.32. The Balaban J connectivity index is 1.40. The number of hydrogen-bond donors (Lipinski definition) is 0. The van der Waals surface area contributed by atoms with Gasteiger partial charge in [-0.3, -0.25) is 0 Å². The van der Waals surface area contributed by atoms with E-state index in [1.165, 1.54) is 0 Å². The molecule has 0 aliphatic carbocycles. The van der Waals surface area contributed by atoms with Gasteiger partial charge in [0.2, 0.25) is 0 Å². The number of aromatic nitrogens is 3. The lowest BCUT2D eigenvalue weighted by atomic mass is 9.75. The van der Waals surface area contributed by atoms with Crippen molar-refractivity contribution in [1.29, 1.82) is 0 Å². The maximum Gasteiger partial charge on any atom is 0.495 e. The van der Waals surface area contributed by atoms with Crippen LogP contribution in [-0.4, -0.2) is 33.3 Å². The van der Waals surface area contributed by atoms with Gasteiger partial charge in [-0.15, -0.1) is 0 Å². The van der Waals surface area contributed by atoms with Gasteiger partial charge in [0.15, 0.2) is 17.5 Å². The second-order valence-electron chi connectivity index (χ2n) is 11.2. The highest BCUT2D eigenvalue weighted by Gasteiger charge is 2.52. The molecule has 40 heavy (non-hydrogen) atoms. The van der Waals surface area contributed by atoms with Gasteiger partial charge in [-0.25, -0.2) is 15.0 Å². The highest BCUT2D eigenvalue weighted by atomic mass is 16.7. The van der Waals surface area contributed by atoms with Crippen LogP contribution >= 0.6 is 0 Å². The number of fused-ring (bicyclic) bond motifs is 3. The summed E-state index contributed by atoms with van der Waals surface area (Å²) in [5.74, 6) is 1.71. The van der Waals surface area contributed by atoms with Gasteiger partial charge < -0.3 is 13.7 Å². The molecule has 3 heterocycles. The molecule has 1 aliphatic rings. The van der Waals surface area contributed by atoms with Crippen molar-refractivity contribution in [3.63, 3.8) is 0 Å². The van der Waals surface area contributed by atoms with Crippen LogP contribution in [0.1, 0.15) is 27.7 Å². The summed E-state index contributed by atoms with van der Waals surface area (Å²) in [4.78, 5) is 14.8. The van der Waals surface area contributed by atoms with Gasteiger partial charge >= 0.3 is 7.12 Å². The van der Waals surface area contributed by atoms with E-state index in [0.29, 0.717) is 17.5 Å². The summed E-state index contributed by atoms with van der Waals surface area (Å²) in [5, 5.41) is 2.14. The van der Waals surface area contributed by atoms with Crippen LogP contribution in [-0.2, 0) is 9.31 Å². The first kappa shape index (κ1) is 24.7. The molecule has 0 radical (unpaired) electrons. The van der Waals surface area contributed by atoms with Crippen molar-refractivity contribution < 1.29 is 13.7 Å². The first-order chi connectivity index (χ1) is 19.3. The highest BCUT2D eigenvalue weighted by Crippen LogP contribution is 2.37. The maximum absolute atomic E-state index is 6.41. The molecule has 7 rings (SSSR count). The molecule has 7 heteroatoms. The van der Waals surface area contributed by atoms with Crippen molar-refractivity contribution in [3.05, 3.63) is 97.1 Å². The Morgan fingerprint density at radius 1 is 0.550 bits per heavy atom. The van der Waals surface area contributed by atoms with E-state index >= 15 is 0 Å². The maximum atomic E-state index is 6.41. The summed E-state index contributed by atoms with van der Waals surface area (Å²) in [7, 11) is -0.548. The van der Waals surface area contributed by atoms with Gasteiger partial charge in [0.1, 0.15) is 11.2 Å². The first-order valence-corrected chi connectivity index (χ1v) is 13.5. The molecule has 4 aromatic carbocycles. The molecule has 0 spiro atoms. The Hall–Kier alpha value is -4.33. The average molecular weight is 525 g/mol. The summed E-state index contributed by atoms with van der Waals surface area (Å²) < 4.78 is 19.0. The van der Waals surface area contributed by atoms with Gasteiger partial charge in [0, 0.05) is 27.5 Å². The SMILES string of the molecule is CC1(C)OB(c2ccccc2-c2nc(-c3ccccc3)nc(-c3ccc4c(c3)oc3ccccc34)n2)OC1(C)C. The van der Waals surface area contributed by atoms with Crippen LogP contribution in [0.25, 0.3) is 56.1 Å². The van der Waals surface area contributed by atoms with Gasteiger partial charge in [-0.2, -0.15) is 0 Å². The number of rotatable bonds is 4. The minimum atomic E-state index is -0.548. The molecule has 1 saturated heterocycles. The van der Waals surface area contributed by atoms with E-state index in [9.17, 15) is 0 Å². The molecule has 0 amide bonds. The van der Waals surface area contributed by atoms with Crippen LogP contribution in [0.15, 0.2) is 101 Å². The second kappa shape index (κ2) is 9.12. The molecule has 1 aliphatic heterocycles. The molecule has 0 unspecified atom stereocenters. The zero-order valence-corrected chi connectivity index (χ0v) is 22.9. The zero-order chi connectivity index (χ0) is 27.5. The lowest BCUT2D eigenvalue weighted by Crippen LogP contribution is -2.41. The highest BCUT2D eigenvalue weighted by molar-refractivity contribution is 6.63. The smallest absolute Gasteiger partial charge is 0.456 e. The minimum Gasteiger partial charge on any atom is -0.456 e. The fourth-order valence-electron chi connectivity index (χ4n) is 5.08. The van der Waals surface area contributed by atoms with Crippen LogP contribution in [0.2, 0.25) is 0 Å². The summed E-state index contributed by atoms with van der Waals surface area (Å²) in [6.07, 6.45) is 0. The summed E-state index contributed by atoms with van der Waals surface area (Å²) in [6.45, 7) is 8.22. The summed E-state index contributed by atoms with van der Waals surface area (Å²) >= 11 is 0. The molecular formula is C33H28BN3O3. The van der Waals surface area contributed by atoms with Crippen molar-refractivity contribution in [1.82, 2.24) is 15.0 Å². The molecule has 0 atom stereocenters. The Bertz CT molecular complexity index is 1870. The van der Waals surface area contributed by atoms with E-state index in [2.05, 4.69) is 39.8 Å². The van der Waals surface area contributed by atoms with Crippen molar-refractivity contribution in [3.8, 4) is 34.2 Å². The Kier molecular flexibility index (Phi) is 5.63. The zero-order valence-electron chi connectivity index (χ0n) is 22.9. The Morgan fingerprint density at radius 3 is 1.93 bits per heavy atom. The fourth-order valence-corrected chi connectivity index (χ4v) is 5.08. The number of hydrogen-bond acceptors (Lipinski definition) is 6. The lowest BCUT2D eigenvalue weighted by molar-refractivity contribution is 0.00578. The number of furan rings is 1. The predicted molar refractivity (Wildman–Crippen MR) is 159 cm³/mol. The van der Waals surface area contributed by atoms with Gasteiger partial charge in [0.25, 0.3) is 0 Å². The molecule has 6 nitrogen and oxygen atoms in total. The van der Waals surface area contributed by atoms with Crippen LogP contribution in [0.5, 0.6) is 0 Å². The van der Waals surface area contributed by atoms with Crippen LogP contribution in [0.4, 0.5) is 0 Å². The summed E-state index contributed by atoms with van der Waals surface area (Å²) in [6, 6.07) is 32.1. The topological polar surface area (TPSA) is 70.3 Å². The molecule has 2 aromatic heterocycles. The van der Waals surface area contributed by atoms with E-state index in [-0.39, 0.29) is 0 Å². The van der Waals surface area contributed by atoms with E-state index in [1.54, 1.807) is 0 Å². The molecular weight excluding hydrogens is 497 g/mol. The predicted octanol–water partition coefficient (Wildman–Crippen LogP) is 7.07. The normalized spacial score (nSPS) is 16.1. The van der Waals surface area contributed by atoms with E-state index in [4.69, 9.17) is 28.7 Å². The van der Waals surface area contributed by atoms with Gasteiger partial charge in [-0.1, -0.05) is 78.9 Å². The molecule has 0 N–H and O–H groups in total. The van der Waals surface area contributed by atoms with Gasteiger partial charge in [-0.05, 0) is 51.4 Å². The van der Waals surface area contributed by atoms with Crippen molar-refractivity contribution in [2.75, 3.05) is 0 Å². The molecule has 0 bridgehead atoms. The number of nitrogens with zero attached hydrogens (tertiary/aromatic N) is 3. The average Bonchev–Trinajstić information content (AvgIpc) is 3.45. The number of para-hydroxylation sites is 1. The van der Waals surface area contributed by atoms with E-state index < -0.39 is 18.3 Å². The molecule has 196 valence electrons. The second-order valence-corrected chi connectivity index (χ2v) is 11.2. The van der Waals surface area contributed by atoms with E-state index in [0.717, 1.165) is 44.1 Å². The fraction of sp³-hybridized carbons (Fsp3) is 0.182. The first-order valence-electron chi connectivity index (χ1n) is 13.5. The Labute approximate surface area is 233 Å². The van der Waals surface area contributed by atoms with Gasteiger partial charge in [0.05, 0.1) is 11.2 Å². The third kappa shape index (κ3) is 4.10. The standard InChI is InChI=1S/C33H28BN3O3/c1-32(2)33(3,4)40-34(39-32)26-16-10-8-15-25(26)31-36-29(21-12-6-5-7-13-21)35-30(37-31)22-18-19-24-23-14-9-11-17-27(23)38-28(24)20-22/h5-20H,1-4H3. The minimum absolute atomic E-state index is 0.466. The van der Waals surface area contributed by atoms with Crippen LogP contribution in [0.3, 0.4) is 0 Å². The third-order valence-electron chi connectivity index (χ3n) is 8.01. The molecule has 0 saturated carbocycles. The van der Waals surface area contributed by atoms with Crippen LogP contribution < -0.4 is 5.46 Å². The number of benzene rings is 4. The Morgan fingerprint density at radius 2 is 1.15 bits per heavy atom. The van der Waals surface area contributed by atoms with Crippen molar-refractivity contribution >= 4 is 34.5 Å².